The van der Waals surface area contributed by atoms with E-state index in [-0.39, 0.29) is 18.7 Å². The van der Waals surface area contributed by atoms with Gasteiger partial charge in [0.2, 0.25) is 5.91 Å². The van der Waals surface area contributed by atoms with Crippen LogP contribution in [-0.4, -0.2) is 36.0 Å². The van der Waals surface area contributed by atoms with Crippen molar-refractivity contribution in [1.29, 1.82) is 0 Å². The number of nitrogens with two attached hydrogens (primary N) is 1. The fraction of sp³-hybridized carbons (Fsp3) is 0.300. The van der Waals surface area contributed by atoms with Crippen molar-refractivity contribution in [3.63, 3.8) is 0 Å². The number of methoxy groups -OCH3 is 1. The van der Waals surface area contributed by atoms with Crippen molar-refractivity contribution in [3.8, 4) is 5.75 Å². The van der Waals surface area contributed by atoms with Crippen molar-refractivity contribution in [2.45, 2.75) is 32.0 Å². The summed E-state index contributed by atoms with van der Waals surface area (Å²) in [7, 11) is 1.21. The average molecular weight is 401 g/mol. The number of nitrogens with one attached hydrogen (secondary N) is 1. The first-order valence-corrected chi connectivity index (χ1v) is 8.89. The molecule has 0 aromatic heterocycles. The van der Waals surface area contributed by atoms with E-state index in [0.717, 1.165) is 5.56 Å². The minimum atomic E-state index is -1.04. The van der Waals surface area contributed by atoms with Crippen LogP contribution in [0.1, 0.15) is 18.1 Å². The highest BCUT2D eigenvalue weighted by Gasteiger charge is 2.23. The second-order valence-corrected chi connectivity index (χ2v) is 6.39. The average Bonchev–Trinajstić information content (AvgIpc) is 2.72. The first-order chi connectivity index (χ1) is 13.8. The molecular weight excluding hydrogens is 378 g/mol. The number of benzene rings is 2. The number of carbonyl (C=O) groups is 2. The van der Waals surface area contributed by atoms with Gasteiger partial charge in [0.25, 0.3) is 5.69 Å². The number of rotatable bonds is 9. The molecule has 0 unspecified atom stereocenters. The largest absolute Gasteiger partial charge is 0.489 e. The highest BCUT2D eigenvalue weighted by molar-refractivity contribution is 5.87. The van der Waals surface area contributed by atoms with Crippen molar-refractivity contribution in [2.24, 2.45) is 5.73 Å². The number of hydrogen-bond donors (Lipinski definition) is 2. The highest BCUT2D eigenvalue weighted by atomic mass is 16.6. The Labute approximate surface area is 168 Å². The number of non-ortho nitro benzene ring substituents is 1. The molecule has 9 heteroatoms. The maximum absolute atomic E-state index is 12.3. The van der Waals surface area contributed by atoms with Crippen LogP contribution >= 0.6 is 0 Å². The summed E-state index contributed by atoms with van der Waals surface area (Å²) in [6.45, 7) is 1.73. The molecule has 2 aromatic rings. The molecule has 0 bridgehead atoms. The Bertz CT molecular complexity index is 872. The van der Waals surface area contributed by atoms with Gasteiger partial charge in [-0.1, -0.05) is 30.3 Å². The molecule has 0 saturated carbocycles. The molecule has 2 atom stereocenters. The van der Waals surface area contributed by atoms with E-state index >= 15 is 0 Å². The predicted molar refractivity (Wildman–Crippen MR) is 105 cm³/mol. The number of nitrogens with zero attached hydrogens (tertiary/aromatic N) is 1. The third kappa shape index (κ3) is 6.28. The molecule has 3 N–H and O–H groups in total. The lowest BCUT2D eigenvalue weighted by atomic mass is 10.0. The van der Waals surface area contributed by atoms with Crippen molar-refractivity contribution in [2.75, 3.05) is 7.11 Å². The maximum Gasteiger partial charge on any atom is 0.328 e. The Hall–Kier alpha value is -3.46. The SMILES string of the molecule is COC(=O)[C@H](C)NC(=O)[C@@H](N)Cc1cc([N+](=O)[O-])ccc1OCc1ccccc1. The molecule has 0 fully saturated rings. The van der Waals surface area contributed by atoms with Gasteiger partial charge in [-0.15, -0.1) is 0 Å². The smallest absolute Gasteiger partial charge is 0.328 e. The Morgan fingerprint density at radius 3 is 2.52 bits per heavy atom. The summed E-state index contributed by atoms with van der Waals surface area (Å²) < 4.78 is 10.3. The van der Waals surface area contributed by atoms with Crippen LogP contribution in [0.2, 0.25) is 0 Å². The molecule has 0 saturated heterocycles. The van der Waals surface area contributed by atoms with E-state index in [4.69, 9.17) is 10.5 Å². The fourth-order valence-corrected chi connectivity index (χ4v) is 2.60. The van der Waals surface area contributed by atoms with E-state index in [0.29, 0.717) is 11.3 Å². The molecule has 2 rings (SSSR count). The number of esters is 1. The van der Waals surface area contributed by atoms with Crippen molar-refractivity contribution < 1.29 is 24.0 Å². The second-order valence-electron chi connectivity index (χ2n) is 6.39. The summed E-state index contributed by atoms with van der Waals surface area (Å²) >= 11 is 0. The summed E-state index contributed by atoms with van der Waals surface area (Å²) in [6, 6.07) is 11.6. The number of nitro groups is 1. The first-order valence-electron chi connectivity index (χ1n) is 8.89. The number of amides is 1. The van der Waals surface area contributed by atoms with Gasteiger partial charge in [0.1, 0.15) is 18.4 Å². The molecule has 154 valence electrons. The number of ether oxygens (including phenoxy) is 2. The Morgan fingerprint density at radius 1 is 1.21 bits per heavy atom. The number of nitro benzene ring substituents is 1. The van der Waals surface area contributed by atoms with Gasteiger partial charge in [-0.3, -0.25) is 14.9 Å². The molecule has 2 aromatic carbocycles. The predicted octanol–water partition coefficient (Wildman–Crippen LogP) is 1.72. The molecule has 29 heavy (non-hydrogen) atoms. The maximum atomic E-state index is 12.3. The van der Waals surface area contributed by atoms with Gasteiger partial charge < -0.3 is 20.5 Å². The van der Waals surface area contributed by atoms with Gasteiger partial charge in [0, 0.05) is 24.1 Å². The van der Waals surface area contributed by atoms with Crippen LogP contribution in [0.5, 0.6) is 5.75 Å². The van der Waals surface area contributed by atoms with Crippen LogP contribution < -0.4 is 15.8 Å². The summed E-state index contributed by atoms with van der Waals surface area (Å²) in [5.74, 6) is -0.792. The van der Waals surface area contributed by atoms with E-state index in [9.17, 15) is 19.7 Å². The van der Waals surface area contributed by atoms with Crippen molar-refractivity contribution in [3.05, 3.63) is 69.8 Å². The van der Waals surface area contributed by atoms with E-state index in [2.05, 4.69) is 10.1 Å². The number of carbonyl (C=O) groups excluding carboxylic acids is 2. The van der Waals surface area contributed by atoms with Gasteiger partial charge in [-0.2, -0.15) is 0 Å². The second kappa shape index (κ2) is 10.2. The molecule has 0 aliphatic heterocycles. The van der Waals surface area contributed by atoms with Crippen molar-refractivity contribution in [1.82, 2.24) is 5.32 Å². The molecule has 0 radical (unpaired) electrons. The third-order valence-corrected chi connectivity index (χ3v) is 4.18. The van der Waals surface area contributed by atoms with Gasteiger partial charge in [-0.25, -0.2) is 4.79 Å². The quantitative estimate of drug-likeness (QED) is 0.371. The zero-order valence-electron chi connectivity index (χ0n) is 16.2. The van der Waals surface area contributed by atoms with Crippen LogP contribution in [-0.2, 0) is 27.4 Å². The Kier molecular flexibility index (Phi) is 7.67. The van der Waals surface area contributed by atoms with E-state index in [1.807, 2.05) is 30.3 Å². The van der Waals surface area contributed by atoms with Crippen LogP contribution in [0.15, 0.2) is 48.5 Å². The standard InChI is InChI=1S/C20H23N3O6/c1-13(20(25)28-2)22-19(24)17(21)11-15-10-16(23(26)27)8-9-18(15)29-12-14-6-4-3-5-7-14/h3-10,13,17H,11-12,21H2,1-2H3,(H,22,24)/t13-,17-/m0/s1. The molecule has 1 amide bonds. The summed E-state index contributed by atoms with van der Waals surface area (Å²) in [4.78, 5) is 34.3. The normalized spacial score (nSPS) is 12.5. The molecule has 9 nitrogen and oxygen atoms in total. The molecular formula is C20H23N3O6. The Balaban J connectivity index is 2.15. The lowest BCUT2D eigenvalue weighted by molar-refractivity contribution is -0.384. The van der Waals surface area contributed by atoms with Crippen molar-refractivity contribution >= 4 is 17.6 Å². The Morgan fingerprint density at radius 2 is 1.90 bits per heavy atom. The van der Waals surface area contributed by atoms with Crippen LogP contribution in [0.25, 0.3) is 0 Å². The molecule has 0 aliphatic rings. The minimum Gasteiger partial charge on any atom is -0.489 e. The van der Waals surface area contributed by atoms with E-state index in [1.165, 1.54) is 32.2 Å². The summed E-state index contributed by atoms with van der Waals surface area (Å²) in [6.07, 6.45) is -0.00840. The van der Waals surface area contributed by atoms with E-state index < -0.39 is 28.9 Å². The highest BCUT2D eigenvalue weighted by Crippen LogP contribution is 2.26. The lowest BCUT2D eigenvalue weighted by Gasteiger charge is -2.17. The molecule has 0 spiro atoms. The molecule has 0 heterocycles. The topological polar surface area (TPSA) is 134 Å². The van der Waals surface area contributed by atoms with Crippen LogP contribution in [0.3, 0.4) is 0 Å². The monoisotopic (exact) mass is 401 g/mol. The minimum absolute atomic E-state index is 0.00840. The zero-order valence-corrected chi connectivity index (χ0v) is 16.2. The van der Waals surface area contributed by atoms with Gasteiger partial charge in [0.05, 0.1) is 18.1 Å². The molecule has 0 aliphatic carbocycles. The van der Waals surface area contributed by atoms with E-state index in [1.54, 1.807) is 0 Å². The zero-order chi connectivity index (χ0) is 21.4. The van der Waals surface area contributed by atoms with Crippen LogP contribution in [0, 0.1) is 10.1 Å². The summed E-state index contributed by atoms with van der Waals surface area (Å²) in [5.41, 5.74) is 7.16. The number of hydrogen-bond acceptors (Lipinski definition) is 7. The van der Waals surface area contributed by atoms with Gasteiger partial charge >= 0.3 is 5.97 Å². The summed E-state index contributed by atoms with van der Waals surface area (Å²) in [5, 5.41) is 13.6. The lowest BCUT2D eigenvalue weighted by Crippen LogP contribution is -2.48. The fourth-order valence-electron chi connectivity index (χ4n) is 2.60. The van der Waals surface area contributed by atoms with Crippen LogP contribution in [0.4, 0.5) is 5.69 Å². The van der Waals surface area contributed by atoms with Gasteiger partial charge in [0.15, 0.2) is 0 Å². The first kappa shape index (κ1) is 21.8. The third-order valence-electron chi connectivity index (χ3n) is 4.18. The van der Waals surface area contributed by atoms with Gasteiger partial charge in [-0.05, 0) is 18.6 Å².